The molecule has 1 rings (SSSR count). The van der Waals surface area contributed by atoms with E-state index in [1.165, 1.54) is 13.8 Å². The summed E-state index contributed by atoms with van der Waals surface area (Å²) in [5.74, 6) is -1.53. The van der Waals surface area contributed by atoms with Gasteiger partial charge in [-0.05, 0) is 26.0 Å². The van der Waals surface area contributed by atoms with Gasteiger partial charge in [-0.2, -0.15) is 13.2 Å². The number of phenols is 2. The first kappa shape index (κ1) is 12.6. The summed E-state index contributed by atoms with van der Waals surface area (Å²) in [7, 11) is 0. The van der Waals surface area contributed by atoms with Crippen molar-refractivity contribution in [3.63, 3.8) is 0 Å². The Morgan fingerprint density at radius 3 is 1.88 bits per heavy atom. The van der Waals surface area contributed by atoms with E-state index < -0.39 is 28.8 Å². The molecule has 6 heteroatoms. The van der Waals surface area contributed by atoms with Crippen LogP contribution in [-0.4, -0.2) is 10.2 Å². The minimum atomic E-state index is -4.73. The van der Waals surface area contributed by atoms with Crippen LogP contribution in [-0.2, 0) is 11.7 Å². The number of aromatic hydroxyl groups is 2. The van der Waals surface area contributed by atoms with Gasteiger partial charge in [0.05, 0.1) is 0 Å². The third kappa shape index (κ3) is 2.38. The Morgan fingerprint density at radius 1 is 1.06 bits per heavy atom. The standard InChI is InChI=1S/C10H12F3NO2/c1-9(2,14)6-3-5(15)4-7(8(6)16)10(11,12)13/h3-4,15-16H,14H2,1-2H3. The van der Waals surface area contributed by atoms with E-state index in [1.807, 2.05) is 0 Å². The van der Waals surface area contributed by atoms with E-state index in [2.05, 4.69) is 0 Å². The van der Waals surface area contributed by atoms with Crippen molar-refractivity contribution in [2.75, 3.05) is 0 Å². The van der Waals surface area contributed by atoms with Crippen LogP contribution in [0.3, 0.4) is 0 Å². The zero-order valence-corrected chi connectivity index (χ0v) is 8.76. The molecule has 1 aromatic carbocycles. The molecule has 0 saturated carbocycles. The minimum absolute atomic E-state index is 0.153. The average Bonchev–Trinajstić information content (AvgIpc) is 2.04. The van der Waals surface area contributed by atoms with Crippen LogP contribution in [0.15, 0.2) is 12.1 Å². The predicted molar refractivity (Wildman–Crippen MR) is 52.0 cm³/mol. The zero-order chi connectivity index (χ0) is 12.7. The lowest BCUT2D eigenvalue weighted by atomic mass is 9.92. The number of alkyl halides is 3. The summed E-state index contributed by atoms with van der Waals surface area (Å²) in [5.41, 5.74) is 2.98. The number of nitrogens with two attached hydrogens (primary N) is 1. The monoisotopic (exact) mass is 235 g/mol. The minimum Gasteiger partial charge on any atom is -0.508 e. The smallest absolute Gasteiger partial charge is 0.420 e. The molecule has 0 spiro atoms. The molecule has 0 radical (unpaired) electrons. The van der Waals surface area contributed by atoms with E-state index in [1.54, 1.807) is 0 Å². The molecule has 0 aliphatic carbocycles. The van der Waals surface area contributed by atoms with Crippen LogP contribution >= 0.6 is 0 Å². The quantitative estimate of drug-likeness (QED) is 0.654. The van der Waals surface area contributed by atoms with Gasteiger partial charge < -0.3 is 15.9 Å². The van der Waals surface area contributed by atoms with E-state index in [4.69, 9.17) is 5.73 Å². The van der Waals surface area contributed by atoms with Gasteiger partial charge in [0.2, 0.25) is 0 Å². The molecule has 1 aromatic rings. The maximum Gasteiger partial charge on any atom is 0.420 e. The van der Waals surface area contributed by atoms with Crippen LogP contribution in [0.1, 0.15) is 25.0 Å². The van der Waals surface area contributed by atoms with Crippen molar-refractivity contribution < 1.29 is 23.4 Å². The maximum atomic E-state index is 12.5. The molecule has 16 heavy (non-hydrogen) atoms. The molecule has 0 bridgehead atoms. The second kappa shape index (κ2) is 3.55. The summed E-state index contributed by atoms with van der Waals surface area (Å²) in [5, 5.41) is 18.7. The number of hydrogen-bond acceptors (Lipinski definition) is 3. The number of hydrogen-bond donors (Lipinski definition) is 3. The number of halogens is 3. The van der Waals surface area contributed by atoms with E-state index >= 15 is 0 Å². The normalized spacial score (nSPS) is 12.9. The van der Waals surface area contributed by atoms with E-state index in [0.29, 0.717) is 6.07 Å². The number of rotatable bonds is 1. The van der Waals surface area contributed by atoms with Crippen LogP contribution in [0.25, 0.3) is 0 Å². The Morgan fingerprint density at radius 2 is 1.50 bits per heavy atom. The Balaban J connectivity index is 3.51. The van der Waals surface area contributed by atoms with Crippen LogP contribution in [0.5, 0.6) is 11.5 Å². The van der Waals surface area contributed by atoms with Gasteiger partial charge in [0.1, 0.15) is 17.1 Å². The lowest BCUT2D eigenvalue weighted by molar-refractivity contribution is -0.139. The maximum absolute atomic E-state index is 12.5. The topological polar surface area (TPSA) is 66.5 Å². The summed E-state index contributed by atoms with van der Waals surface area (Å²) in [4.78, 5) is 0. The highest BCUT2D eigenvalue weighted by molar-refractivity contribution is 5.49. The van der Waals surface area contributed by atoms with Crippen molar-refractivity contribution in [1.29, 1.82) is 0 Å². The summed E-state index contributed by atoms with van der Waals surface area (Å²) >= 11 is 0. The van der Waals surface area contributed by atoms with Gasteiger partial charge in [-0.15, -0.1) is 0 Å². The molecule has 0 saturated heterocycles. The molecule has 0 heterocycles. The van der Waals surface area contributed by atoms with Crippen molar-refractivity contribution in [3.05, 3.63) is 23.3 Å². The van der Waals surface area contributed by atoms with Crippen molar-refractivity contribution in [2.24, 2.45) is 5.73 Å². The van der Waals surface area contributed by atoms with Crippen LogP contribution < -0.4 is 5.73 Å². The molecular formula is C10H12F3NO2. The molecule has 3 nitrogen and oxygen atoms in total. The SMILES string of the molecule is CC(C)(N)c1cc(O)cc(C(F)(F)F)c1O. The fourth-order valence-electron chi connectivity index (χ4n) is 1.33. The summed E-state index contributed by atoms with van der Waals surface area (Å²) < 4.78 is 37.5. The Hall–Kier alpha value is -1.43. The largest absolute Gasteiger partial charge is 0.508 e. The van der Waals surface area contributed by atoms with E-state index in [9.17, 15) is 23.4 Å². The number of phenolic OH excluding ortho intramolecular Hbond substituents is 2. The average molecular weight is 235 g/mol. The van der Waals surface area contributed by atoms with E-state index in [0.717, 1.165) is 6.07 Å². The van der Waals surface area contributed by atoms with Gasteiger partial charge in [0.15, 0.2) is 0 Å². The lowest BCUT2D eigenvalue weighted by Gasteiger charge is -2.23. The fourth-order valence-corrected chi connectivity index (χ4v) is 1.33. The van der Waals surface area contributed by atoms with Gasteiger partial charge in [-0.1, -0.05) is 0 Å². The Kier molecular flexibility index (Phi) is 2.81. The zero-order valence-electron chi connectivity index (χ0n) is 8.76. The first-order valence-corrected chi connectivity index (χ1v) is 4.46. The van der Waals surface area contributed by atoms with Crippen molar-refractivity contribution in [3.8, 4) is 11.5 Å². The van der Waals surface area contributed by atoms with Crippen molar-refractivity contribution >= 4 is 0 Å². The third-order valence-electron chi connectivity index (χ3n) is 2.09. The third-order valence-corrected chi connectivity index (χ3v) is 2.09. The Labute approximate surface area is 90.3 Å². The van der Waals surface area contributed by atoms with Crippen LogP contribution in [0.4, 0.5) is 13.2 Å². The van der Waals surface area contributed by atoms with Gasteiger partial charge in [0, 0.05) is 11.1 Å². The molecule has 0 amide bonds. The summed E-state index contributed by atoms with van der Waals surface area (Å²) in [6.07, 6.45) is -4.73. The highest BCUT2D eigenvalue weighted by Gasteiger charge is 2.37. The van der Waals surface area contributed by atoms with Gasteiger partial charge in [0.25, 0.3) is 0 Å². The molecule has 90 valence electrons. The summed E-state index contributed by atoms with van der Waals surface area (Å²) in [6, 6.07) is 1.48. The van der Waals surface area contributed by atoms with Crippen molar-refractivity contribution in [1.82, 2.24) is 0 Å². The first-order chi connectivity index (χ1) is 7.03. The molecule has 0 atom stereocenters. The fraction of sp³-hybridized carbons (Fsp3) is 0.400. The molecular weight excluding hydrogens is 223 g/mol. The van der Waals surface area contributed by atoms with Crippen LogP contribution in [0, 0.1) is 0 Å². The van der Waals surface area contributed by atoms with Crippen molar-refractivity contribution in [2.45, 2.75) is 25.6 Å². The first-order valence-electron chi connectivity index (χ1n) is 4.46. The Bertz CT molecular complexity index is 373. The van der Waals surface area contributed by atoms with Gasteiger partial charge in [-0.3, -0.25) is 0 Å². The second-order valence-electron chi connectivity index (χ2n) is 4.11. The van der Waals surface area contributed by atoms with E-state index in [-0.39, 0.29) is 5.56 Å². The lowest BCUT2D eigenvalue weighted by Crippen LogP contribution is -2.29. The molecule has 0 fully saturated rings. The van der Waals surface area contributed by atoms with Gasteiger partial charge in [-0.25, -0.2) is 0 Å². The predicted octanol–water partition coefficient (Wildman–Crippen LogP) is 2.31. The molecule has 0 aliphatic heterocycles. The highest BCUT2D eigenvalue weighted by Crippen LogP contribution is 2.42. The number of benzene rings is 1. The highest BCUT2D eigenvalue weighted by atomic mass is 19.4. The molecule has 0 aliphatic rings. The molecule has 4 N–H and O–H groups in total. The molecule has 0 unspecified atom stereocenters. The van der Waals surface area contributed by atoms with Gasteiger partial charge >= 0.3 is 6.18 Å². The molecule has 0 aromatic heterocycles. The van der Waals surface area contributed by atoms with Crippen LogP contribution in [0.2, 0.25) is 0 Å². The second-order valence-corrected chi connectivity index (χ2v) is 4.11. The summed E-state index contributed by atoms with van der Waals surface area (Å²) in [6.45, 7) is 2.86.